The number of amides is 1. The van der Waals surface area contributed by atoms with Crippen molar-refractivity contribution >= 4 is 5.91 Å². The van der Waals surface area contributed by atoms with E-state index in [1.165, 1.54) is 0 Å². The van der Waals surface area contributed by atoms with Crippen LogP contribution in [0, 0.1) is 0 Å². The van der Waals surface area contributed by atoms with Crippen LogP contribution in [0.5, 0.6) is 11.5 Å². The number of carbonyl (C=O) groups is 1. The first-order chi connectivity index (χ1) is 9.72. The van der Waals surface area contributed by atoms with E-state index in [0.717, 1.165) is 17.1 Å². The topological polar surface area (TPSA) is 47.6 Å². The molecule has 0 heterocycles. The van der Waals surface area contributed by atoms with Crippen LogP contribution in [0.3, 0.4) is 0 Å². The Morgan fingerprint density at radius 1 is 1.00 bits per heavy atom. The third-order valence-electron chi connectivity index (χ3n) is 2.91. The molecule has 0 aliphatic heterocycles. The zero-order chi connectivity index (χ0) is 14.4. The number of hydrogen-bond donors (Lipinski definition) is 1. The number of carbonyl (C=O) groups excluding carboxylic acids is 1. The summed E-state index contributed by atoms with van der Waals surface area (Å²) >= 11 is 0. The van der Waals surface area contributed by atoms with Gasteiger partial charge in [0.25, 0.3) is 5.91 Å². The van der Waals surface area contributed by atoms with Gasteiger partial charge in [-0.2, -0.15) is 0 Å². The quantitative estimate of drug-likeness (QED) is 0.909. The Hall–Kier alpha value is -2.49. The Bertz CT molecular complexity index is 561. The van der Waals surface area contributed by atoms with Gasteiger partial charge in [0.2, 0.25) is 0 Å². The van der Waals surface area contributed by atoms with E-state index in [1.807, 2.05) is 24.3 Å². The van der Waals surface area contributed by atoms with E-state index < -0.39 is 0 Å². The van der Waals surface area contributed by atoms with Crippen LogP contribution in [0.1, 0.15) is 15.9 Å². The highest BCUT2D eigenvalue weighted by atomic mass is 16.5. The molecule has 0 unspecified atom stereocenters. The molecule has 0 saturated heterocycles. The molecule has 1 amide bonds. The minimum absolute atomic E-state index is 0.105. The van der Waals surface area contributed by atoms with Crippen LogP contribution in [0.2, 0.25) is 0 Å². The number of methoxy groups -OCH3 is 1. The number of rotatable bonds is 5. The first kappa shape index (κ1) is 13.9. The minimum Gasteiger partial charge on any atom is -0.497 e. The third kappa shape index (κ3) is 3.51. The summed E-state index contributed by atoms with van der Waals surface area (Å²) < 4.78 is 10.8. The summed E-state index contributed by atoms with van der Waals surface area (Å²) in [4.78, 5) is 11.4. The Morgan fingerprint density at radius 2 is 1.60 bits per heavy atom. The van der Waals surface area contributed by atoms with Crippen molar-refractivity contribution in [3.63, 3.8) is 0 Å². The van der Waals surface area contributed by atoms with E-state index in [2.05, 4.69) is 5.32 Å². The van der Waals surface area contributed by atoms with Gasteiger partial charge in [-0.05, 0) is 42.0 Å². The lowest BCUT2D eigenvalue weighted by Gasteiger charge is -2.07. The predicted octanol–water partition coefficient (Wildman–Crippen LogP) is 2.63. The molecule has 0 atom stereocenters. The van der Waals surface area contributed by atoms with E-state index in [9.17, 15) is 4.79 Å². The highest BCUT2D eigenvalue weighted by molar-refractivity contribution is 5.94. The van der Waals surface area contributed by atoms with Crippen LogP contribution in [-0.4, -0.2) is 20.1 Å². The van der Waals surface area contributed by atoms with Crippen molar-refractivity contribution in [2.45, 2.75) is 6.61 Å². The van der Waals surface area contributed by atoms with E-state index in [-0.39, 0.29) is 5.91 Å². The van der Waals surface area contributed by atoms with Crippen LogP contribution in [0.25, 0.3) is 0 Å². The summed E-state index contributed by atoms with van der Waals surface area (Å²) in [5.41, 5.74) is 1.67. The largest absolute Gasteiger partial charge is 0.497 e. The first-order valence-electron chi connectivity index (χ1n) is 6.31. The molecule has 4 nitrogen and oxygen atoms in total. The van der Waals surface area contributed by atoms with Gasteiger partial charge in [0.05, 0.1) is 7.11 Å². The molecule has 20 heavy (non-hydrogen) atoms. The van der Waals surface area contributed by atoms with Gasteiger partial charge in [-0.15, -0.1) is 0 Å². The first-order valence-corrected chi connectivity index (χ1v) is 6.31. The summed E-state index contributed by atoms with van der Waals surface area (Å²) in [7, 11) is 3.25. The third-order valence-corrected chi connectivity index (χ3v) is 2.91. The lowest BCUT2D eigenvalue weighted by molar-refractivity contribution is 0.0963. The Balaban J connectivity index is 1.94. The van der Waals surface area contributed by atoms with Crippen molar-refractivity contribution in [3.8, 4) is 11.5 Å². The summed E-state index contributed by atoms with van der Waals surface area (Å²) in [6.45, 7) is 0.476. The maximum absolute atomic E-state index is 11.4. The number of hydrogen-bond acceptors (Lipinski definition) is 3. The number of nitrogens with one attached hydrogen (secondary N) is 1. The van der Waals surface area contributed by atoms with Gasteiger partial charge >= 0.3 is 0 Å². The van der Waals surface area contributed by atoms with Crippen molar-refractivity contribution in [3.05, 3.63) is 59.7 Å². The van der Waals surface area contributed by atoms with E-state index in [4.69, 9.17) is 9.47 Å². The van der Waals surface area contributed by atoms with Crippen LogP contribution in [-0.2, 0) is 6.61 Å². The molecule has 0 saturated carbocycles. The fourth-order valence-electron chi connectivity index (χ4n) is 1.74. The second kappa shape index (κ2) is 6.61. The predicted molar refractivity (Wildman–Crippen MR) is 77.2 cm³/mol. The van der Waals surface area contributed by atoms with Crippen LogP contribution in [0.15, 0.2) is 48.5 Å². The zero-order valence-electron chi connectivity index (χ0n) is 11.6. The Labute approximate surface area is 118 Å². The van der Waals surface area contributed by atoms with Crippen molar-refractivity contribution in [2.24, 2.45) is 0 Å². The number of benzene rings is 2. The molecular formula is C16H17NO3. The molecule has 2 aromatic carbocycles. The molecule has 0 bridgehead atoms. The van der Waals surface area contributed by atoms with E-state index >= 15 is 0 Å². The van der Waals surface area contributed by atoms with Gasteiger partial charge in [-0.1, -0.05) is 12.1 Å². The molecule has 0 spiro atoms. The molecule has 0 fully saturated rings. The van der Waals surface area contributed by atoms with Crippen LogP contribution < -0.4 is 14.8 Å². The average Bonchev–Trinajstić information content (AvgIpc) is 2.53. The fourth-order valence-corrected chi connectivity index (χ4v) is 1.74. The van der Waals surface area contributed by atoms with E-state index in [1.54, 1.807) is 38.4 Å². The van der Waals surface area contributed by atoms with Gasteiger partial charge < -0.3 is 14.8 Å². The average molecular weight is 271 g/mol. The molecule has 0 aliphatic carbocycles. The number of ether oxygens (including phenoxy) is 2. The molecule has 0 aliphatic rings. The highest BCUT2D eigenvalue weighted by Crippen LogP contribution is 2.16. The Kier molecular flexibility index (Phi) is 4.60. The molecule has 2 aromatic rings. The maximum Gasteiger partial charge on any atom is 0.251 e. The lowest BCUT2D eigenvalue weighted by Crippen LogP contribution is -2.17. The molecule has 0 radical (unpaired) electrons. The van der Waals surface area contributed by atoms with Gasteiger partial charge in [0.15, 0.2) is 0 Å². The van der Waals surface area contributed by atoms with E-state index in [0.29, 0.717) is 12.2 Å². The molecular weight excluding hydrogens is 254 g/mol. The van der Waals surface area contributed by atoms with Crippen molar-refractivity contribution < 1.29 is 14.3 Å². The highest BCUT2D eigenvalue weighted by Gasteiger charge is 2.03. The second-order valence-electron chi connectivity index (χ2n) is 4.24. The second-order valence-corrected chi connectivity index (χ2v) is 4.24. The lowest BCUT2D eigenvalue weighted by atomic mass is 10.2. The standard InChI is InChI=1S/C16H17NO3/c1-17-16(18)13-5-9-15(10-6-13)20-11-12-3-7-14(19-2)8-4-12/h3-10H,11H2,1-2H3,(H,17,18). The molecule has 4 heteroatoms. The molecule has 104 valence electrons. The zero-order valence-corrected chi connectivity index (χ0v) is 11.6. The van der Waals surface area contributed by atoms with Gasteiger partial charge in [0, 0.05) is 12.6 Å². The monoisotopic (exact) mass is 271 g/mol. The van der Waals surface area contributed by atoms with Gasteiger partial charge in [-0.3, -0.25) is 4.79 Å². The summed E-state index contributed by atoms with van der Waals surface area (Å²) in [5.74, 6) is 1.45. The Morgan fingerprint density at radius 3 is 2.15 bits per heavy atom. The van der Waals surface area contributed by atoms with Crippen LogP contribution >= 0.6 is 0 Å². The molecule has 2 rings (SSSR count). The van der Waals surface area contributed by atoms with Crippen molar-refractivity contribution in [1.29, 1.82) is 0 Å². The smallest absolute Gasteiger partial charge is 0.251 e. The fraction of sp³-hybridized carbons (Fsp3) is 0.188. The van der Waals surface area contributed by atoms with Gasteiger partial charge in [0.1, 0.15) is 18.1 Å². The normalized spacial score (nSPS) is 9.90. The molecule has 1 N–H and O–H groups in total. The van der Waals surface area contributed by atoms with Crippen LogP contribution in [0.4, 0.5) is 0 Å². The van der Waals surface area contributed by atoms with Gasteiger partial charge in [-0.25, -0.2) is 0 Å². The summed E-state index contributed by atoms with van der Waals surface area (Å²) in [6.07, 6.45) is 0. The van der Waals surface area contributed by atoms with Crippen molar-refractivity contribution in [2.75, 3.05) is 14.2 Å². The molecule has 0 aromatic heterocycles. The SMILES string of the molecule is CNC(=O)c1ccc(OCc2ccc(OC)cc2)cc1. The summed E-state index contributed by atoms with van der Waals surface area (Å²) in [5, 5.41) is 2.58. The maximum atomic E-state index is 11.4. The minimum atomic E-state index is -0.105. The summed E-state index contributed by atoms with van der Waals surface area (Å²) in [6, 6.07) is 14.8. The van der Waals surface area contributed by atoms with Crippen molar-refractivity contribution in [1.82, 2.24) is 5.32 Å².